The van der Waals surface area contributed by atoms with Crippen LogP contribution in [0.1, 0.15) is 5.56 Å². The molecule has 2 heteroatoms. The molecule has 0 heterocycles. The summed E-state index contributed by atoms with van der Waals surface area (Å²) in [5.41, 5.74) is 1.14. The molecule has 0 unspecified atom stereocenters. The van der Waals surface area contributed by atoms with Crippen LogP contribution in [0.2, 0.25) is 0 Å². The van der Waals surface area contributed by atoms with E-state index in [-0.39, 0.29) is 0 Å². The summed E-state index contributed by atoms with van der Waals surface area (Å²) < 4.78 is 5.64. The number of rotatable bonds is 3. The van der Waals surface area contributed by atoms with E-state index in [0.717, 1.165) is 17.1 Å². The van der Waals surface area contributed by atoms with Crippen LogP contribution in [0.25, 0.3) is 0 Å². The molecule has 0 N–H and O–H groups in total. The van der Waals surface area contributed by atoms with Gasteiger partial charge in [-0.05, 0) is 29.8 Å². The molecule has 0 saturated heterocycles. The summed E-state index contributed by atoms with van der Waals surface area (Å²) in [6.45, 7) is 0. The highest BCUT2D eigenvalue weighted by molar-refractivity contribution is 7.79. The maximum absolute atomic E-state index is 5.64. The lowest BCUT2D eigenvalue weighted by molar-refractivity contribution is 0.482. The highest BCUT2D eigenvalue weighted by atomic mass is 32.1. The number of benzene rings is 2. The zero-order valence-electron chi connectivity index (χ0n) is 8.22. The van der Waals surface area contributed by atoms with Crippen molar-refractivity contribution in [3.05, 3.63) is 60.2 Å². The minimum atomic E-state index is 0.644. The van der Waals surface area contributed by atoms with Crippen LogP contribution in [0, 0.1) is 0 Å². The third kappa shape index (κ3) is 2.77. The van der Waals surface area contributed by atoms with Crippen LogP contribution < -0.4 is 4.74 Å². The molecule has 0 atom stereocenters. The fraction of sp³-hybridized carbons (Fsp3) is 0.0769. The number of ether oxygens (including phenoxy) is 1. The summed E-state index contributed by atoms with van der Waals surface area (Å²) >= 11 is 4.95. The molecule has 0 aromatic heterocycles. The van der Waals surface area contributed by atoms with Gasteiger partial charge in [-0.1, -0.05) is 43.0 Å². The van der Waals surface area contributed by atoms with Crippen LogP contribution in [0.5, 0.6) is 11.5 Å². The predicted molar refractivity (Wildman–Crippen MR) is 64.3 cm³/mol. The number of para-hydroxylation sites is 1. The van der Waals surface area contributed by atoms with Gasteiger partial charge in [0, 0.05) is 5.75 Å². The van der Waals surface area contributed by atoms with Crippen molar-refractivity contribution in [3.8, 4) is 11.5 Å². The first-order valence-electron chi connectivity index (χ1n) is 4.78. The van der Waals surface area contributed by atoms with Gasteiger partial charge >= 0.3 is 0 Å². The normalized spacial score (nSPS) is 9.93. The van der Waals surface area contributed by atoms with Gasteiger partial charge in [0.15, 0.2) is 0 Å². The second kappa shape index (κ2) is 4.89. The van der Waals surface area contributed by atoms with Crippen LogP contribution in [-0.4, -0.2) is 0 Å². The van der Waals surface area contributed by atoms with Crippen LogP contribution in [0.4, 0.5) is 0 Å². The fourth-order valence-corrected chi connectivity index (χ4v) is 1.47. The first-order valence-corrected chi connectivity index (χ1v) is 5.36. The Morgan fingerprint density at radius 2 is 1.40 bits per heavy atom. The third-order valence-electron chi connectivity index (χ3n) is 2.07. The van der Waals surface area contributed by atoms with E-state index in [1.807, 2.05) is 54.6 Å². The molecule has 2 aromatic carbocycles. The summed E-state index contributed by atoms with van der Waals surface area (Å²) in [4.78, 5) is 0. The average molecular weight is 215 g/mol. The number of hydrogen-bond donors (Lipinski definition) is 0. The van der Waals surface area contributed by atoms with Crippen molar-refractivity contribution in [3.63, 3.8) is 0 Å². The second-order valence-corrected chi connectivity index (χ2v) is 3.49. The Morgan fingerprint density at radius 3 is 2.00 bits per heavy atom. The molecular formula is C13H11OS. The highest BCUT2D eigenvalue weighted by Crippen LogP contribution is 2.21. The van der Waals surface area contributed by atoms with Gasteiger partial charge < -0.3 is 4.74 Å². The van der Waals surface area contributed by atoms with Gasteiger partial charge in [-0.15, -0.1) is 0 Å². The lowest BCUT2D eigenvalue weighted by Crippen LogP contribution is -1.84. The lowest BCUT2D eigenvalue weighted by Gasteiger charge is -2.05. The van der Waals surface area contributed by atoms with Crippen molar-refractivity contribution < 1.29 is 4.74 Å². The lowest BCUT2D eigenvalue weighted by atomic mass is 10.2. The molecule has 1 nitrogen and oxygen atoms in total. The fourth-order valence-electron chi connectivity index (χ4n) is 1.28. The first-order chi connectivity index (χ1) is 7.38. The minimum Gasteiger partial charge on any atom is -0.457 e. The van der Waals surface area contributed by atoms with Crippen LogP contribution in [-0.2, 0) is 5.75 Å². The van der Waals surface area contributed by atoms with E-state index in [9.17, 15) is 0 Å². The molecule has 0 aliphatic heterocycles. The van der Waals surface area contributed by atoms with Crippen LogP contribution in [0.15, 0.2) is 54.6 Å². The summed E-state index contributed by atoms with van der Waals surface area (Å²) in [7, 11) is 0. The van der Waals surface area contributed by atoms with Crippen molar-refractivity contribution in [1.29, 1.82) is 0 Å². The SMILES string of the molecule is [S]Cc1ccc(Oc2ccccc2)cc1. The highest BCUT2D eigenvalue weighted by Gasteiger charge is 1.95. The molecule has 0 saturated carbocycles. The zero-order chi connectivity index (χ0) is 10.5. The predicted octanol–water partition coefficient (Wildman–Crippen LogP) is 4.18. The van der Waals surface area contributed by atoms with E-state index in [0.29, 0.717) is 5.75 Å². The maximum atomic E-state index is 5.64. The Labute approximate surface area is 95.1 Å². The average Bonchev–Trinajstić information content (AvgIpc) is 2.31. The van der Waals surface area contributed by atoms with Crippen molar-refractivity contribution in [2.45, 2.75) is 5.75 Å². The first kappa shape index (κ1) is 10.1. The minimum absolute atomic E-state index is 0.644. The van der Waals surface area contributed by atoms with E-state index >= 15 is 0 Å². The molecule has 2 aromatic rings. The third-order valence-corrected chi connectivity index (χ3v) is 2.40. The van der Waals surface area contributed by atoms with Crippen LogP contribution >= 0.6 is 12.6 Å². The molecule has 2 rings (SSSR count). The quantitative estimate of drug-likeness (QED) is 0.746. The van der Waals surface area contributed by atoms with Gasteiger partial charge in [-0.25, -0.2) is 0 Å². The molecule has 0 bridgehead atoms. The summed E-state index contributed by atoms with van der Waals surface area (Å²) in [6, 6.07) is 17.6. The Balaban J connectivity index is 2.11. The smallest absolute Gasteiger partial charge is 0.127 e. The Morgan fingerprint density at radius 1 is 0.800 bits per heavy atom. The molecule has 15 heavy (non-hydrogen) atoms. The topological polar surface area (TPSA) is 9.23 Å². The van der Waals surface area contributed by atoms with Gasteiger partial charge in [0.25, 0.3) is 0 Å². The molecule has 0 spiro atoms. The van der Waals surface area contributed by atoms with Gasteiger partial charge in [0.2, 0.25) is 0 Å². The van der Waals surface area contributed by atoms with Crippen LogP contribution in [0.3, 0.4) is 0 Å². The van der Waals surface area contributed by atoms with Gasteiger partial charge in [0.05, 0.1) is 0 Å². The second-order valence-electron chi connectivity index (χ2n) is 3.20. The monoisotopic (exact) mass is 215 g/mol. The van der Waals surface area contributed by atoms with E-state index in [1.165, 1.54) is 0 Å². The van der Waals surface area contributed by atoms with E-state index in [2.05, 4.69) is 0 Å². The van der Waals surface area contributed by atoms with E-state index in [4.69, 9.17) is 17.4 Å². The van der Waals surface area contributed by atoms with Crippen molar-refractivity contribution in [2.75, 3.05) is 0 Å². The molecule has 1 radical (unpaired) electrons. The molecule has 0 aliphatic carbocycles. The Hall–Kier alpha value is -1.41. The van der Waals surface area contributed by atoms with Gasteiger partial charge in [-0.3, -0.25) is 0 Å². The largest absolute Gasteiger partial charge is 0.457 e. The van der Waals surface area contributed by atoms with Crippen molar-refractivity contribution in [1.82, 2.24) is 0 Å². The summed E-state index contributed by atoms with van der Waals surface area (Å²) in [6.07, 6.45) is 0. The van der Waals surface area contributed by atoms with Crippen molar-refractivity contribution in [2.24, 2.45) is 0 Å². The molecule has 0 fully saturated rings. The van der Waals surface area contributed by atoms with E-state index < -0.39 is 0 Å². The number of hydrogen-bond acceptors (Lipinski definition) is 1. The Bertz CT molecular complexity index is 408. The van der Waals surface area contributed by atoms with Gasteiger partial charge in [-0.2, -0.15) is 0 Å². The molecule has 0 amide bonds. The molecule has 75 valence electrons. The standard InChI is InChI=1S/C13H11OS/c15-10-11-6-8-13(9-7-11)14-12-4-2-1-3-5-12/h1-9H,10H2. The van der Waals surface area contributed by atoms with Crippen molar-refractivity contribution >= 4 is 12.6 Å². The molecule has 0 aliphatic rings. The maximum Gasteiger partial charge on any atom is 0.127 e. The van der Waals surface area contributed by atoms with E-state index in [1.54, 1.807) is 0 Å². The van der Waals surface area contributed by atoms with Gasteiger partial charge in [0.1, 0.15) is 11.5 Å². The Kier molecular flexibility index (Phi) is 3.30. The summed E-state index contributed by atoms with van der Waals surface area (Å²) in [5.74, 6) is 2.34. The molecular weight excluding hydrogens is 204 g/mol. The summed E-state index contributed by atoms with van der Waals surface area (Å²) in [5, 5.41) is 0. The zero-order valence-corrected chi connectivity index (χ0v) is 9.04.